The molecule has 1 aromatic heterocycles. The fourth-order valence-corrected chi connectivity index (χ4v) is 2.68. The van der Waals surface area contributed by atoms with Crippen molar-refractivity contribution in [2.75, 3.05) is 43.4 Å². The molecule has 3 rings (SSSR count). The van der Waals surface area contributed by atoms with E-state index in [1.807, 2.05) is 30.5 Å². The van der Waals surface area contributed by atoms with Crippen LogP contribution in [0.2, 0.25) is 0 Å². The van der Waals surface area contributed by atoms with E-state index in [0.717, 1.165) is 37.6 Å². The molecule has 1 amide bonds. The lowest BCUT2D eigenvalue weighted by Crippen LogP contribution is -2.44. The highest BCUT2D eigenvalue weighted by atomic mass is 16.1. The number of H-pyrrole nitrogens is 1. The SMILES string of the molecule is CN1CCN(c2ccc(NC(=O)Cc3ccc[nH]3)cc2)CC1. The first kappa shape index (κ1) is 14.7. The maximum Gasteiger partial charge on any atom is 0.230 e. The zero-order valence-corrected chi connectivity index (χ0v) is 12.9. The van der Waals surface area contributed by atoms with Crippen LogP contribution in [0.15, 0.2) is 42.6 Å². The maximum absolute atomic E-state index is 12.0. The summed E-state index contributed by atoms with van der Waals surface area (Å²) in [5.74, 6) is -0.00482. The third kappa shape index (κ3) is 3.68. The lowest BCUT2D eigenvalue weighted by atomic mass is 10.2. The lowest BCUT2D eigenvalue weighted by Gasteiger charge is -2.34. The Kier molecular flexibility index (Phi) is 4.44. The summed E-state index contributed by atoms with van der Waals surface area (Å²) in [4.78, 5) is 19.7. The number of hydrogen-bond donors (Lipinski definition) is 2. The molecule has 5 heteroatoms. The number of aromatic nitrogens is 1. The molecule has 116 valence electrons. The average Bonchev–Trinajstić information content (AvgIpc) is 3.02. The van der Waals surface area contributed by atoms with E-state index in [0.29, 0.717) is 6.42 Å². The van der Waals surface area contributed by atoms with Gasteiger partial charge in [-0.2, -0.15) is 0 Å². The molecule has 2 N–H and O–H groups in total. The number of rotatable bonds is 4. The fraction of sp³-hybridized carbons (Fsp3) is 0.353. The topological polar surface area (TPSA) is 51.4 Å². The second-order valence-electron chi connectivity index (χ2n) is 5.76. The second-order valence-corrected chi connectivity index (χ2v) is 5.76. The number of benzene rings is 1. The van der Waals surface area contributed by atoms with Crippen LogP contribution in [0.25, 0.3) is 0 Å². The minimum atomic E-state index is -0.00482. The molecule has 0 atom stereocenters. The van der Waals surface area contributed by atoms with E-state index >= 15 is 0 Å². The molecule has 1 aliphatic heterocycles. The van der Waals surface area contributed by atoms with E-state index in [2.05, 4.69) is 39.3 Å². The molecular weight excluding hydrogens is 276 g/mol. The highest BCUT2D eigenvalue weighted by Gasteiger charge is 2.14. The summed E-state index contributed by atoms with van der Waals surface area (Å²) >= 11 is 0. The largest absolute Gasteiger partial charge is 0.369 e. The first-order valence-corrected chi connectivity index (χ1v) is 7.66. The number of nitrogens with one attached hydrogen (secondary N) is 2. The van der Waals surface area contributed by atoms with Gasteiger partial charge in [-0.3, -0.25) is 4.79 Å². The smallest absolute Gasteiger partial charge is 0.230 e. The minimum Gasteiger partial charge on any atom is -0.369 e. The quantitative estimate of drug-likeness (QED) is 0.907. The van der Waals surface area contributed by atoms with Crippen molar-refractivity contribution in [1.82, 2.24) is 9.88 Å². The van der Waals surface area contributed by atoms with Crippen molar-refractivity contribution in [2.24, 2.45) is 0 Å². The monoisotopic (exact) mass is 298 g/mol. The molecule has 1 aliphatic rings. The van der Waals surface area contributed by atoms with Gasteiger partial charge in [-0.05, 0) is 43.4 Å². The van der Waals surface area contributed by atoms with Crippen LogP contribution in [-0.4, -0.2) is 49.0 Å². The number of carbonyl (C=O) groups excluding carboxylic acids is 1. The van der Waals surface area contributed by atoms with Crippen molar-refractivity contribution in [2.45, 2.75) is 6.42 Å². The Morgan fingerprint density at radius 1 is 1.14 bits per heavy atom. The Morgan fingerprint density at radius 3 is 2.50 bits per heavy atom. The predicted octanol–water partition coefficient (Wildman–Crippen LogP) is 1.95. The molecule has 0 bridgehead atoms. The van der Waals surface area contributed by atoms with Gasteiger partial charge in [0.15, 0.2) is 0 Å². The van der Waals surface area contributed by atoms with Crippen molar-refractivity contribution < 1.29 is 4.79 Å². The Hall–Kier alpha value is -2.27. The standard InChI is InChI=1S/C17H22N4O/c1-20-9-11-21(12-10-20)16-6-4-14(5-7-16)19-17(22)13-15-3-2-8-18-15/h2-8,18H,9-13H2,1H3,(H,19,22). The molecular formula is C17H22N4O. The Morgan fingerprint density at radius 2 is 1.86 bits per heavy atom. The van der Waals surface area contributed by atoms with Gasteiger partial charge in [0.25, 0.3) is 0 Å². The molecule has 0 saturated carbocycles. The second kappa shape index (κ2) is 6.66. The van der Waals surface area contributed by atoms with Gasteiger partial charge < -0.3 is 20.1 Å². The summed E-state index contributed by atoms with van der Waals surface area (Å²) in [7, 11) is 2.15. The molecule has 0 aliphatic carbocycles. The molecule has 0 spiro atoms. The van der Waals surface area contributed by atoms with Gasteiger partial charge in [-0.1, -0.05) is 0 Å². The number of carbonyl (C=O) groups is 1. The van der Waals surface area contributed by atoms with Gasteiger partial charge in [-0.25, -0.2) is 0 Å². The number of aromatic amines is 1. The third-order valence-electron chi connectivity index (χ3n) is 4.03. The fourth-order valence-electron chi connectivity index (χ4n) is 2.68. The molecule has 1 saturated heterocycles. The van der Waals surface area contributed by atoms with E-state index in [4.69, 9.17) is 0 Å². The predicted molar refractivity (Wildman–Crippen MR) is 89.3 cm³/mol. The van der Waals surface area contributed by atoms with Gasteiger partial charge in [0.1, 0.15) is 0 Å². The molecule has 1 aromatic carbocycles. The van der Waals surface area contributed by atoms with Crippen LogP contribution in [0.5, 0.6) is 0 Å². The number of anilines is 2. The van der Waals surface area contributed by atoms with Crippen LogP contribution >= 0.6 is 0 Å². The minimum absolute atomic E-state index is 0.00482. The first-order chi connectivity index (χ1) is 10.7. The van der Waals surface area contributed by atoms with Crippen LogP contribution in [0.3, 0.4) is 0 Å². The van der Waals surface area contributed by atoms with Crippen molar-refractivity contribution in [1.29, 1.82) is 0 Å². The third-order valence-corrected chi connectivity index (χ3v) is 4.03. The molecule has 5 nitrogen and oxygen atoms in total. The van der Waals surface area contributed by atoms with Crippen molar-refractivity contribution in [3.63, 3.8) is 0 Å². The van der Waals surface area contributed by atoms with E-state index < -0.39 is 0 Å². The van der Waals surface area contributed by atoms with E-state index in [9.17, 15) is 4.79 Å². The van der Waals surface area contributed by atoms with Gasteiger partial charge in [0.05, 0.1) is 6.42 Å². The molecule has 0 unspecified atom stereocenters. The van der Waals surface area contributed by atoms with Gasteiger partial charge >= 0.3 is 0 Å². The molecule has 2 aromatic rings. The highest BCUT2D eigenvalue weighted by molar-refractivity contribution is 5.92. The number of nitrogens with zero attached hydrogens (tertiary/aromatic N) is 2. The highest BCUT2D eigenvalue weighted by Crippen LogP contribution is 2.19. The van der Waals surface area contributed by atoms with Crippen LogP contribution in [0.4, 0.5) is 11.4 Å². The van der Waals surface area contributed by atoms with Crippen molar-refractivity contribution in [3.05, 3.63) is 48.3 Å². The number of amides is 1. The molecule has 0 radical (unpaired) electrons. The normalized spacial score (nSPS) is 15.8. The van der Waals surface area contributed by atoms with Crippen molar-refractivity contribution in [3.8, 4) is 0 Å². The molecule has 22 heavy (non-hydrogen) atoms. The van der Waals surface area contributed by atoms with Gasteiger partial charge in [0, 0.05) is 49.4 Å². The zero-order valence-electron chi connectivity index (χ0n) is 12.9. The molecule has 1 fully saturated rings. The van der Waals surface area contributed by atoms with E-state index in [1.54, 1.807) is 0 Å². The Balaban J connectivity index is 1.56. The molecule has 2 heterocycles. The summed E-state index contributed by atoms with van der Waals surface area (Å²) in [6.07, 6.45) is 2.20. The first-order valence-electron chi connectivity index (χ1n) is 7.66. The Bertz CT molecular complexity index is 598. The number of likely N-dealkylation sites (N-methyl/N-ethyl adjacent to an activating group) is 1. The lowest BCUT2D eigenvalue weighted by molar-refractivity contribution is -0.115. The van der Waals surface area contributed by atoms with Crippen LogP contribution in [0, 0.1) is 0 Å². The summed E-state index contributed by atoms with van der Waals surface area (Å²) in [5.41, 5.74) is 2.98. The van der Waals surface area contributed by atoms with Crippen LogP contribution in [-0.2, 0) is 11.2 Å². The van der Waals surface area contributed by atoms with Gasteiger partial charge in [0.2, 0.25) is 5.91 Å². The van der Waals surface area contributed by atoms with E-state index in [-0.39, 0.29) is 5.91 Å². The van der Waals surface area contributed by atoms with Crippen LogP contribution in [0.1, 0.15) is 5.69 Å². The van der Waals surface area contributed by atoms with Gasteiger partial charge in [-0.15, -0.1) is 0 Å². The number of piperazine rings is 1. The van der Waals surface area contributed by atoms with Crippen molar-refractivity contribution >= 4 is 17.3 Å². The average molecular weight is 298 g/mol. The Labute approximate surface area is 130 Å². The summed E-state index contributed by atoms with van der Waals surface area (Å²) in [6.45, 7) is 4.29. The number of hydrogen-bond acceptors (Lipinski definition) is 3. The van der Waals surface area contributed by atoms with Crippen LogP contribution < -0.4 is 10.2 Å². The summed E-state index contributed by atoms with van der Waals surface area (Å²) < 4.78 is 0. The zero-order chi connectivity index (χ0) is 15.4. The maximum atomic E-state index is 12.0. The summed E-state index contributed by atoms with van der Waals surface area (Å²) in [5, 5.41) is 2.93. The van der Waals surface area contributed by atoms with E-state index in [1.165, 1.54) is 5.69 Å². The summed E-state index contributed by atoms with van der Waals surface area (Å²) in [6, 6.07) is 11.9.